The molecule has 53 heavy (non-hydrogen) atoms. The summed E-state index contributed by atoms with van der Waals surface area (Å²) in [6.07, 6.45) is -9.97. The third-order valence-electron chi connectivity index (χ3n) is 12.3. The molecule has 0 bridgehead atoms. The molecule has 0 unspecified atom stereocenters. The lowest BCUT2D eigenvalue weighted by Gasteiger charge is -2.50. The van der Waals surface area contributed by atoms with Crippen molar-refractivity contribution >= 4 is 11.8 Å². The van der Waals surface area contributed by atoms with E-state index >= 15 is 0 Å². The number of rotatable bonds is 9. The van der Waals surface area contributed by atoms with Gasteiger partial charge in [0.1, 0.15) is 35.8 Å². The van der Waals surface area contributed by atoms with Gasteiger partial charge in [-0.3, -0.25) is 9.59 Å². The second kappa shape index (κ2) is 18.3. The van der Waals surface area contributed by atoms with Crippen molar-refractivity contribution in [2.45, 2.75) is 172 Å². The molecule has 15 heteroatoms. The molecular weight excluding hydrogens is 694 g/mol. The van der Waals surface area contributed by atoms with Crippen molar-refractivity contribution in [2.75, 3.05) is 34.9 Å². The van der Waals surface area contributed by atoms with Gasteiger partial charge in [-0.25, -0.2) is 0 Å². The monoisotopic (exact) mass is 763 g/mol. The summed E-state index contributed by atoms with van der Waals surface area (Å²) in [6.45, 7) is 14.5. The Labute approximate surface area is 315 Å². The molecule has 0 saturated carbocycles. The van der Waals surface area contributed by atoms with Crippen LogP contribution in [0.15, 0.2) is 0 Å². The number of aliphatic hydroxyl groups excluding tert-OH is 4. The number of esters is 1. The molecule has 3 saturated heterocycles. The fraction of sp³-hybridized carbons (Fsp3) is 0.947. The Kier molecular flexibility index (Phi) is 15.9. The summed E-state index contributed by atoms with van der Waals surface area (Å²) in [6, 6.07) is -0.307. The molecule has 3 aliphatic rings. The minimum absolute atomic E-state index is 0.0214. The number of nitrogens with zero attached hydrogens (tertiary/aromatic N) is 1. The fourth-order valence-electron chi connectivity index (χ4n) is 8.58. The van der Waals surface area contributed by atoms with Gasteiger partial charge in [0.2, 0.25) is 0 Å². The minimum atomic E-state index is -1.99. The highest BCUT2D eigenvalue weighted by molar-refractivity contribution is 5.83. The number of hydrogen-bond acceptors (Lipinski definition) is 15. The Hall–Kier alpha value is -1.34. The topological polar surface area (TPSA) is 203 Å². The van der Waals surface area contributed by atoms with Crippen LogP contribution in [-0.2, 0) is 42.7 Å². The number of methoxy groups -OCH3 is 2. The Morgan fingerprint density at radius 3 is 2.00 bits per heavy atom. The number of Topliss-reactive ketones (excluding diaryl/α,β-unsaturated/α-hetero) is 1. The maximum absolute atomic E-state index is 14.2. The van der Waals surface area contributed by atoms with Gasteiger partial charge in [0.05, 0.1) is 48.1 Å². The second-order valence-electron chi connectivity index (χ2n) is 16.6. The molecular formula is C38H69NO14. The van der Waals surface area contributed by atoms with E-state index in [1.54, 1.807) is 41.5 Å². The van der Waals surface area contributed by atoms with E-state index in [9.17, 15) is 35.1 Å². The van der Waals surface area contributed by atoms with Gasteiger partial charge in [0.25, 0.3) is 0 Å². The molecule has 18 atom stereocenters. The molecule has 3 rings (SSSR count). The molecule has 310 valence electrons. The van der Waals surface area contributed by atoms with Crippen LogP contribution in [0, 0.1) is 23.7 Å². The number of carbonyl (C=O) groups excluding carboxylic acids is 2. The van der Waals surface area contributed by atoms with E-state index in [0.29, 0.717) is 6.42 Å². The SMILES string of the molecule is CC[C@H]1OC(=O)[C@H](C)[C@@H](O[C@H]2C[C@@](C)(OC)[C@@H](O)[C@H](CO)O2)[C@H](C)[C@@H](O[C@@H]2O[C@H](C)C[C@H](N(C)C)[C@H]2O)[C@](C)(OC)C[C@@H](C)C(=O)[C@H](C)[C@@H](O)[C@]1(C)O. The van der Waals surface area contributed by atoms with E-state index in [1.807, 2.05) is 25.9 Å². The predicted octanol–water partition coefficient (Wildman–Crippen LogP) is 1.41. The normalized spacial score (nSPS) is 48.3. The highest BCUT2D eigenvalue weighted by Crippen LogP contribution is 2.41. The van der Waals surface area contributed by atoms with Gasteiger partial charge in [-0.05, 0) is 68.0 Å². The van der Waals surface area contributed by atoms with Crippen LogP contribution >= 0.6 is 0 Å². The largest absolute Gasteiger partial charge is 0.459 e. The van der Waals surface area contributed by atoms with Gasteiger partial charge in [-0.1, -0.05) is 27.7 Å². The van der Waals surface area contributed by atoms with Gasteiger partial charge in [-0.2, -0.15) is 0 Å². The van der Waals surface area contributed by atoms with Crippen LogP contribution in [0.2, 0.25) is 0 Å². The molecule has 5 N–H and O–H groups in total. The summed E-state index contributed by atoms with van der Waals surface area (Å²) < 4.78 is 43.6. The van der Waals surface area contributed by atoms with Crippen LogP contribution in [0.1, 0.15) is 88.0 Å². The first-order valence-corrected chi connectivity index (χ1v) is 19.0. The number of ketones is 1. The van der Waals surface area contributed by atoms with Crippen LogP contribution in [0.3, 0.4) is 0 Å². The number of ether oxygens (including phenoxy) is 7. The van der Waals surface area contributed by atoms with Crippen LogP contribution in [0.5, 0.6) is 0 Å². The molecule has 3 heterocycles. The summed E-state index contributed by atoms with van der Waals surface area (Å²) in [5.41, 5.74) is -4.47. The molecule has 0 aromatic carbocycles. The fourth-order valence-corrected chi connectivity index (χ4v) is 8.58. The third kappa shape index (κ3) is 9.80. The number of carbonyl (C=O) groups is 2. The molecule has 0 amide bonds. The van der Waals surface area contributed by atoms with Crippen molar-refractivity contribution in [2.24, 2.45) is 23.7 Å². The first-order valence-electron chi connectivity index (χ1n) is 19.0. The average Bonchev–Trinajstić information content (AvgIpc) is 3.11. The Bertz CT molecular complexity index is 1210. The number of cyclic esters (lactones) is 1. The smallest absolute Gasteiger partial charge is 0.311 e. The maximum atomic E-state index is 14.2. The summed E-state index contributed by atoms with van der Waals surface area (Å²) in [5, 5.41) is 55.7. The van der Waals surface area contributed by atoms with Gasteiger partial charge in [-0.15, -0.1) is 0 Å². The molecule has 3 aliphatic heterocycles. The standard InChI is InChI=1S/C38H69NO14/c1-14-26-38(9,46)31(43)21(4)28(41)19(2)16-37(8,48-13)33(53-35-29(42)24(39(10)11)15-20(3)49-35)22(5)30(23(6)34(45)51-26)52-27-17-36(7,47-12)32(44)25(18-40)50-27/h19-27,29-33,35,40,42-44,46H,14-18H2,1-13H3/t19-,20-,21+,22+,23-,24+,25+,26-,27+,29-,30+,31-,32+,33-,35+,36-,37-,38-/m1/s1. The first kappa shape index (κ1) is 46.0. The van der Waals surface area contributed by atoms with Gasteiger partial charge in [0, 0.05) is 44.4 Å². The lowest BCUT2D eigenvalue weighted by atomic mass is 9.74. The summed E-state index contributed by atoms with van der Waals surface area (Å²) in [5.74, 6) is -4.71. The van der Waals surface area contributed by atoms with Crippen molar-refractivity contribution in [1.82, 2.24) is 4.90 Å². The summed E-state index contributed by atoms with van der Waals surface area (Å²) in [4.78, 5) is 30.1. The van der Waals surface area contributed by atoms with Gasteiger partial charge >= 0.3 is 5.97 Å². The number of likely N-dealkylation sites (N-methyl/N-ethyl adjacent to an activating group) is 1. The molecule has 0 aromatic rings. The van der Waals surface area contributed by atoms with E-state index in [2.05, 4.69) is 0 Å². The summed E-state index contributed by atoms with van der Waals surface area (Å²) >= 11 is 0. The second-order valence-corrected chi connectivity index (χ2v) is 16.6. The molecule has 0 radical (unpaired) electrons. The zero-order valence-corrected chi connectivity index (χ0v) is 34.1. The molecule has 15 nitrogen and oxygen atoms in total. The van der Waals surface area contributed by atoms with Crippen molar-refractivity contribution < 1.29 is 68.3 Å². The van der Waals surface area contributed by atoms with Crippen LogP contribution < -0.4 is 0 Å². The van der Waals surface area contributed by atoms with E-state index in [-0.39, 0.29) is 37.2 Å². The van der Waals surface area contributed by atoms with Gasteiger partial charge in [0.15, 0.2) is 12.6 Å². The Balaban J connectivity index is 2.23. The van der Waals surface area contributed by atoms with Crippen molar-refractivity contribution in [3.8, 4) is 0 Å². The van der Waals surface area contributed by atoms with E-state index in [1.165, 1.54) is 28.1 Å². The lowest BCUT2D eigenvalue weighted by Crippen LogP contribution is -2.62. The third-order valence-corrected chi connectivity index (χ3v) is 12.3. The minimum Gasteiger partial charge on any atom is -0.459 e. The number of aliphatic hydroxyl groups is 5. The van der Waals surface area contributed by atoms with Crippen LogP contribution in [0.4, 0.5) is 0 Å². The van der Waals surface area contributed by atoms with Crippen LogP contribution in [-0.4, -0.2) is 161 Å². The summed E-state index contributed by atoms with van der Waals surface area (Å²) in [7, 11) is 6.64. The Morgan fingerprint density at radius 2 is 1.47 bits per heavy atom. The van der Waals surface area contributed by atoms with Crippen molar-refractivity contribution in [3.05, 3.63) is 0 Å². The van der Waals surface area contributed by atoms with Crippen LogP contribution in [0.25, 0.3) is 0 Å². The Morgan fingerprint density at radius 1 is 0.868 bits per heavy atom. The highest BCUT2D eigenvalue weighted by Gasteiger charge is 2.54. The first-order chi connectivity index (χ1) is 24.5. The van der Waals surface area contributed by atoms with E-state index < -0.39 is 108 Å². The molecule has 0 spiro atoms. The molecule has 0 aliphatic carbocycles. The zero-order valence-electron chi connectivity index (χ0n) is 34.1. The number of hydrogen-bond donors (Lipinski definition) is 5. The highest BCUT2D eigenvalue weighted by atomic mass is 16.7. The van der Waals surface area contributed by atoms with Crippen molar-refractivity contribution in [3.63, 3.8) is 0 Å². The van der Waals surface area contributed by atoms with E-state index in [0.717, 1.165) is 0 Å². The quantitative estimate of drug-likeness (QED) is 0.211. The molecule has 0 aromatic heterocycles. The predicted molar refractivity (Wildman–Crippen MR) is 192 cm³/mol. The van der Waals surface area contributed by atoms with Crippen molar-refractivity contribution in [1.29, 1.82) is 0 Å². The van der Waals surface area contributed by atoms with Gasteiger partial charge < -0.3 is 63.6 Å². The zero-order chi connectivity index (χ0) is 40.4. The average molecular weight is 764 g/mol. The lowest BCUT2D eigenvalue weighted by molar-refractivity contribution is -0.322. The maximum Gasteiger partial charge on any atom is 0.311 e. The molecule has 3 fully saturated rings. The van der Waals surface area contributed by atoms with E-state index in [4.69, 9.17) is 33.2 Å².